The quantitative estimate of drug-likeness (QED) is 0.734. The Bertz CT molecular complexity index is 681. The lowest BCUT2D eigenvalue weighted by Gasteiger charge is -2.34. The normalized spacial score (nSPS) is 18.8. The number of ether oxygens (including phenoxy) is 1. The van der Waals surface area contributed by atoms with E-state index in [2.05, 4.69) is 22.0 Å². The molecule has 2 aliphatic rings. The monoisotopic (exact) mass is 407 g/mol. The summed E-state index contributed by atoms with van der Waals surface area (Å²) in [6.45, 7) is 7.57. The van der Waals surface area contributed by atoms with Gasteiger partial charge in [-0.3, -0.25) is 9.69 Å². The van der Waals surface area contributed by atoms with E-state index in [-0.39, 0.29) is 11.9 Å². The Balaban J connectivity index is 1.66. The molecule has 3 rings (SSSR count). The summed E-state index contributed by atoms with van der Waals surface area (Å²) in [5.74, 6) is -0.370. The van der Waals surface area contributed by atoms with Crippen molar-refractivity contribution in [3.05, 3.63) is 16.0 Å². The molecule has 1 fully saturated rings. The summed E-state index contributed by atoms with van der Waals surface area (Å²) in [7, 11) is 1.41. The summed E-state index contributed by atoms with van der Waals surface area (Å²) in [6.07, 6.45) is 7.70. The summed E-state index contributed by atoms with van der Waals surface area (Å²) in [5, 5.41) is 3.71. The van der Waals surface area contributed by atoms with Gasteiger partial charge in [0.25, 0.3) is 0 Å². The number of hydrogen-bond acceptors (Lipinski definition) is 6. The number of hydrogen-bond donors (Lipinski definition) is 1. The first-order chi connectivity index (χ1) is 13.6. The Kier molecular flexibility index (Phi) is 7.88. The van der Waals surface area contributed by atoms with Gasteiger partial charge in [0.1, 0.15) is 5.00 Å². The minimum atomic E-state index is -0.332. The molecular formula is C21H33N3O3S. The predicted molar refractivity (Wildman–Crippen MR) is 113 cm³/mol. The number of nitrogens with zero attached hydrogens (tertiary/aromatic N) is 2. The molecule has 1 saturated heterocycles. The average Bonchev–Trinajstić information content (AvgIpc) is 2.99. The number of fused-ring (bicyclic) bond motifs is 1. The molecule has 1 aromatic heterocycles. The maximum absolute atomic E-state index is 12.7. The smallest absolute Gasteiger partial charge is 0.341 e. The van der Waals surface area contributed by atoms with Crippen LogP contribution in [0.4, 0.5) is 5.00 Å². The maximum Gasteiger partial charge on any atom is 0.341 e. The van der Waals surface area contributed by atoms with Crippen LogP contribution in [0.25, 0.3) is 0 Å². The van der Waals surface area contributed by atoms with Crippen LogP contribution in [0.3, 0.4) is 0 Å². The fourth-order valence-corrected chi connectivity index (χ4v) is 5.48. The van der Waals surface area contributed by atoms with Gasteiger partial charge < -0.3 is 15.0 Å². The summed E-state index contributed by atoms with van der Waals surface area (Å²) < 4.78 is 5.04. The highest BCUT2D eigenvalue weighted by molar-refractivity contribution is 7.17. The molecule has 156 valence electrons. The standard InChI is InChI=1S/C21H33N3O3S/c1-3-10-23-11-13-24(14-12-23)15-18(25)22-20-19(21(26)27-2)16-8-6-4-5-7-9-17(16)28-20/h3-15H2,1-2H3,(H,22,25). The number of anilines is 1. The van der Waals surface area contributed by atoms with Crippen molar-refractivity contribution in [2.45, 2.75) is 51.9 Å². The molecule has 0 bridgehead atoms. The van der Waals surface area contributed by atoms with Crippen LogP contribution in [-0.4, -0.2) is 68.1 Å². The van der Waals surface area contributed by atoms with Gasteiger partial charge in [-0.15, -0.1) is 11.3 Å². The Morgan fingerprint density at radius 2 is 1.71 bits per heavy atom. The summed E-state index contributed by atoms with van der Waals surface area (Å²) in [4.78, 5) is 31.0. The Hall–Kier alpha value is -1.44. The second-order valence-electron chi connectivity index (χ2n) is 7.78. The molecule has 0 spiro atoms. The van der Waals surface area contributed by atoms with Crippen LogP contribution in [0.2, 0.25) is 0 Å². The van der Waals surface area contributed by atoms with Gasteiger partial charge in [-0.25, -0.2) is 4.79 Å². The summed E-state index contributed by atoms with van der Waals surface area (Å²) in [6, 6.07) is 0. The molecule has 1 aliphatic heterocycles. The third-order valence-corrected chi connectivity index (χ3v) is 6.89. The van der Waals surface area contributed by atoms with E-state index < -0.39 is 0 Å². The second kappa shape index (κ2) is 10.4. The lowest BCUT2D eigenvalue weighted by atomic mass is 9.96. The van der Waals surface area contributed by atoms with Gasteiger partial charge in [0.05, 0.1) is 19.2 Å². The maximum atomic E-state index is 12.7. The molecule has 6 nitrogen and oxygen atoms in total. The van der Waals surface area contributed by atoms with Gasteiger partial charge in [0.2, 0.25) is 5.91 Å². The van der Waals surface area contributed by atoms with Crippen molar-refractivity contribution in [1.29, 1.82) is 0 Å². The minimum Gasteiger partial charge on any atom is -0.465 e. The summed E-state index contributed by atoms with van der Waals surface area (Å²) >= 11 is 1.57. The van der Waals surface area contributed by atoms with Crippen LogP contribution in [0.15, 0.2) is 0 Å². The molecule has 1 aromatic rings. The van der Waals surface area contributed by atoms with Crippen LogP contribution < -0.4 is 5.32 Å². The number of carbonyl (C=O) groups excluding carboxylic acids is 2. The first-order valence-electron chi connectivity index (χ1n) is 10.6. The molecule has 2 heterocycles. The second-order valence-corrected chi connectivity index (χ2v) is 8.88. The molecular weight excluding hydrogens is 374 g/mol. The zero-order chi connectivity index (χ0) is 19.9. The molecule has 0 atom stereocenters. The van der Waals surface area contributed by atoms with Crippen molar-refractivity contribution in [1.82, 2.24) is 9.80 Å². The number of rotatable bonds is 6. The Morgan fingerprint density at radius 1 is 1.04 bits per heavy atom. The van der Waals surface area contributed by atoms with Crippen molar-refractivity contribution >= 4 is 28.2 Å². The number of thiophene rings is 1. The third kappa shape index (κ3) is 5.33. The lowest BCUT2D eigenvalue weighted by molar-refractivity contribution is -0.117. The van der Waals surface area contributed by atoms with E-state index >= 15 is 0 Å². The minimum absolute atomic E-state index is 0.0386. The number of esters is 1. The molecule has 28 heavy (non-hydrogen) atoms. The fraction of sp³-hybridized carbons (Fsp3) is 0.714. The first kappa shape index (κ1) is 21.3. The zero-order valence-electron chi connectivity index (χ0n) is 17.2. The molecule has 1 N–H and O–H groups in total. The van der Waals surface area contributed by atoms with Crippen molar-refractivity contribution in [2.75, 3.05) is 51.7 Å². The van der Waals surface area contributed by atoms with Gasteiger partial charge >= 0.3 is 5.97 Å². The van der Waals surface area contributed by atoms with Gasteiger partial charge in [-0.05, 0) is 44.2 Å². The Morgan fingerprint density at radius 3 is 2.39 bits per heavy atom. The van der Waals surface area contributed by atoms with E-state index in [0.717, 1.165) is 64.0 Å². The number of amides is 1. The average molecular weight is 408 g/mol. The van der Waals surface area contributed by atoms with E-state index in [1.807, 2.05) is 0 Å². The van der Waals surface area contributed by atoms with Crippen LogP contribution in [-0.2, 0) is 22.4 Å². The van der Waals surface area contributed by atoms with Crippen molar-refractivity contribution in [3.63, 3.8) is 0 Å². The van der Waals surface area contributed by atoms with Gasteiger partial charge in [-0.1, -0.05) is 19.8 Å². The van der Waals surface area contributed by atoms with Crippen molar-refractivity contribution < 1.29 is 14.3 Å². The van der Waals surface area contributed by atoms with Crippen LogP contribution in [0, 0.1) is 0 Å². The van der Waals surface area contributed by atoms with E-state index in [0.29, 0.717) is 17.1 Å². The number of piperazine rings is 1. The van der Waals surface area contributed by atoms with Crippen LogP contribution in [0.5, 0.6) is 0 Å². The van der Waals surface area contributed by atoms with E-state index in [1.165, 1.54) is 31.2 Å². The number of aryl methyl sites for hydroxylation is 1. The molecule has 0 unspecified atom stereocenters. The van der Waals surface area contributed by atoms with Gasteiger partial charge in [-0.2, -0.15) is 0 Å². The highest BCUT2D eigenvalue weighted by atomic mass is 32.1. The molecule has 1 aliphatic carbocycles. The fourth-order valence-electron chi connectivity index (χ4n) is 4.18. The summed E-state index contributed by atoms with van der Waals surface area (Å²) in [5.41, 5.74) is 1.69. The Labute approximate surface area is 172 Å². The van der Waals surface area contributed by atoms with E-state index in [1.54, 1.807) is 11.3 Å². The third-order valence-electron chi connectivity index (χ3n) is 5.69. The molecule has 7 heteroatoms. The zero-order valence-corrected chi connectivity index (χ0v) is 18.0. The topological polar surface area (TPSA) is 61.9 Å². The molecule has 1 amide bonds. The van der Waals surface area contributed by atoms with Crippen molar-refractivity contribution in [3.8, 4) is 0 Å². The molecule has 0 radical (unpaired) electrons. The van der Waals surface area contributed by atoms with Gasteiger partial charge in [0.15, 0.2) is 0 Å². The number of nitrogens with one attached hydrogen (secondary N) is 1. The SMILES string of the molecule is CCCN1CCN(CC(=O)Nc2sc3c(c2C(=O)OC)CCCCCC3)CC1. The highest BCUT2D eigenvalue weighted by Gasteiger charge is 2.26. The predicted octanol–water partition coefficient (Wildman–Crippen LogP) is 3.16. The largest absolute Gasteiger partial charge is 0.465 e. The number of carbonyl (C=O) groups is 2. The first-order valence-corrected chi connectivity index (χ1v) is 11.4. The highest BCUT2D eigenvalue weighted by Crippen LogP contribution is 2.37. The number of methoxy groups -OCH3 is 1. The van der Waals surface area contributed by atoms with Gasteiger partial charge in [0, 0.05) is 31.1 Å². The lowest BCUT2D eigenvalue weighted by Crippen LogP contribution is -2.48. The van der Waals surface area contributed by atoms with Crippen LogP contribution >= 0.6 is 11.3 Å². The molecule has 0 saturated carbocycles. The molecule has 0 aromatic carbocycles. The van der Waals surface area contributed by atoms with Crippen LogP contribution in [0.1, 0.15) is 59.8 Å². The van der Waals surface area contributed by atoms with E-state index in [9.17, 15) is 9.59 Å². The van der Waals surface area contributed by atoms with Crippen molar-refractivity contribution in [2.24, 2.45) is 0 Å². The van der Waals surface area contributed by atoms with E-state index in [4.69, 9.17) is 4.74 Å².